The number of aromatic carboxylic acids is 1. The first-order valence-corrected chi connectivity index (χ1v) is 4.45. The van der Waals surface area contributed by atoms with E-state index in [0.29, 0.717) is 6.07 Å². The van der Waals surface area contributed by atoms with Gasteiger partial charge in [0.15, 0.2) is 0 Å². The number of alkyl halides is 2. The summed E-state index contributed by atoms with van der Waals surface area (Å²) in [6.07, 6.45) is -2.98. The van der Waals surface area contributed by atoms with Crippen LogP contribution in [0.5, 0.6) is 0 Å². The third-order valence-electron chi connectivity index (χ3n) is 1.49. The largest absolute Gasteiger partial charge is 0.478 e. The van der Waals surface area contributed by atoms with Gasteiger partial charge in [-0.1, -0.05) is 0 Å². The summed E-state index contributed by atoms with van der Waals surface area (Å²) >= 11 is 1.56. The van der Waals surface area contributed by atoms with E-state index in [2.05, 4.69) is 0 Å². The van der Waals surface area contributed by atoms with Crippen molar-refractivity contribution in [2.75, 3.05) is 0 Å². The smallest absolute Gasteiger partial charge is 0.338 e. The molecule has 7 heteroatoms. The molecule has 1 aromatic rings. The molecule has 1 aromatic heterocycles. The summed E-state index contributed by atoms with van der Waals surface area (Å²) in [5, 5.41) is 8.59. The third kappa shape index (κ3) is 2.08. The maximum absolute atomic E-state index is 12.2. The van der Waals surface area contributed by atoms with Crippen molar-refractivity contribution < 1.29 is 18.7 Å². The second kappa shape index (κ2) is 4.03. The quantitative estimate of drug-likeness (QED) is 0.643. The lowest BCUT2D eigenvalue weighted by molar-refractivity contribution is 0.0694. The van der Waals surface area contributed by atoms with Gasteiger partial charge in [0.25, 0.3) is 12.0 Å². The first kappa shape index (κ1) is 11.1. The molecule has 0 unspecified atom stereocenters. The van der Waals surface area contributed by atoms with Crippen molar-refractivity contribution in [3.8, 4) is 0 Å². The van der Waals surface area contributed by atoms with Gasteiger partial charge in [-0.25, -0.2) is 13.6 Å². The summed E-state index contributed by atoms with van der Waals surface area (Å²) in [7, 11) is 0. The van der Waals surface area contributed by atoms with Gasteiger partial charge in [0.1, 0.15) is 0 Å². The van der Waals surface area contributed by atoms with Crippen molar-refractivity contribution in [1.29, 1.82) is 0 Å². The molecule has 0 amide bonds. The lowest BCUT2D eigenvalue weighted by atomic mass is 10.2. The topological polar surface area (TPSA) is 70.2 Å². The summed E-state index contributed by atoms with van der Waals surface area (Å²) < 4.78 is 24.4. The normalized spacial score (nSPS) is 10.6. The Bertz CT molecular complexity index is 429. The Morgan fingerprint density at radius 2 is 2.14 bits per heavy atom. The molecule has 0 aliphatic rings. The number of carboxylic acids is 1. The van der Waals surface area contributed by atoms with Crippen LogP contribution in [0, 0.1) is 3.70 Å². The molecule has 1 heterocycles. The van der Waals surface area contributed by atoms with E-state index in [1.807, 2.05) is 4.98 Å². The molecule has 0 atom stereocenters. The van der Waals surface area contributed by atoms with Gasteiger partial charge < -0.3 is 10.1 Å². The van der Waals surface area contributed by atoms with Gasteiger partial charge in [0, 0.05) is 0 Å². The Hall–Kier alpha value is -0.990. The number of pyridine rings is 1. The highest BCUT2D eigenvalue weighted by atomic mass is 127. The Morgan fingerprint density at radius 1 is 1.57 bits per heavy atom. The lowest BCUT2D eigenvalue weighted by Gasteiger charge is -2.02. The van der Waals surface area contributed by atoms with E-state index in [0.717, 1.165) is 0 Å². The monoisotopic (exact) mass is 315 g/mol. The van der Waals surface area contributed by atoms with Gasteiger partial charge in [-0.2, -0.15) is 0 Å². The molecule has 0 aliphatic carbocycles. The summed E-state index contributed by atoms with van der Waals surface area (Å²) in [5.74, 6) is -1.35. The predicted molar refractivity (Wildman–Crippen MR) is 51.7 cm³/mol. The van der Waals surface area contributed by atoms with E-state index in [-0.39, 0.29) is 9.26 Å². The van der Waals surface area contributed by atoms with Gasteiger partial charge in [0.05, 0.1) is 14.8 Å². The molecule has 76 valence electrons. The lowest BCUT2D eigenvalue weighted by Crippen LogP contribution is -2.17. The number of aromatic nitrogens is 1. The number of nitrogens with one attached hydrogen (secondary N) is 1. The van der Waals surface area contributed by atoms with Crippen LogP contribution in [0.25, 0.3) is 0 Å². The highest BCUT2D eigenvalue weighted by molar-refractivity contribution is 14.1. The molecule has 0 fully saturated rings. The number of carbonyl (C=O) groups is 1. The zero-order valence-electron chi connectivity index (χ0n) is 6.55. The first-order chi connectivity index (χ1) is 6.43. The molecule has 0 aliphatic heterocycles. The molecule has 0 aromatic carbocycles. The van der Waals surface area contributed by atoms with Crippen molar-refractivity contribution >= 4 is 28.6 Å². The van der Waals surface area contributed by atoms with Crippen LogP contribution in [-0.4, -0.2) is 16.1 Å². The van der Waals surface area contributed by atoms with Crippen molar-refractivity contribution in [3.05, 3.63) is 31.2 Å². The van der Waals surface area contributed by atoms with Crippen molar-refractivity contribution in [2.24, 2.45) is 0 Å². The minimum atomic E-state index is -2.98. The fourth-order valence-corrected chi connectivity index (χ4v) is 1.47. The van der Waals surface area contributed by atoms with Crippen LogP contribution in [0.3, 0.4) is 0 Å². The van der Waals surface area contributed by atoms with Gasteiger partial charge >= 0.3 is 5.97 Å². The second-order valence-electron chi connectivity index (χ2n) is 2.39. The predicted octanol–water partition coefficient (Wildman–Crippen LogP) is 1.62. The van der Waals surface area contributed by atoms with Crippen LogP contribution >= 0.6 is 22.6 Å². The van der Waals surface area contributed by atoms with Gasteiger partial charge in [-0.3, -0.25) is 4.79 Å². The summed E-state index contributed by atoms with van der Waals surface area (Å²) in [5.41, 5.74) is -2.13. The zero-order chi connectivity index (χ0) is 10.9. The fraction of sp³-hybridized carbons (Fsp3) is 0.143. The number of halogens is 3. The maximum atomic E-state index is 12.2. The van der Waals surface area contributed by atoms with Crippen molar-refractivity contribution in [3.63, 3.8) is 0 Å². The highest BCUT2D eigenvalue weighted by Crippen LogP contribution is 2.17. The summed E-state index contributed by atoms with van der Waals surface area (Å²) in [6, 6.07) is 0.688. The maximum Gasteiger partial charge on any atom is 0.338 e. The average Bonchev–Trinajstić information content (AvgIpc) is 2.02. The van der Waals surface area contributed by atoms with Gasteiger partial charge in [-0.05, 0) is 28.7 Å². The van der Waals surface area contributed by atoms with E-state index >= 15 is 0 Å². The van der Waals surface area contributed by atoms with E-state index in [4.69, 9.17) is 5.11 Å². The van der Waals surface area contributed by atoms with E-state index < -0.39 is 23.5 Å². The van der Waals surface area contributed by atoms with Crippen LogP contribution in [0.15, 0.2) is 10.9 Å². The Labute approximate surface area is 90.1 Å². The fourth-order valence-electron chi connectivity index (χ4n) is 0.841. The van der Waals surface area contributed by atoms with Crippen LogP contribution in [0.2, 0.25) is 0 Å². The molecule has 2 N–H and O–H groups in total. The summed E-state index contributed by atoms with van der Waals surface area (Å²) in [4.78, 5) is 23.5. The molecule has 0 radical (unpaired) electrons. The number of carboxylic acid groups (broad SMARTS) is 1. The minimum absolute atomic E-state index is 0.0319. The van der Waals surface area contributed by atoms with Crippen molar-refractivity contribution in [2.45, 2.75) is 6.43 Å². The third-order valence-corrected chi connectivity index (χ3v) is 2.34. The van der Waals surface area contributed by atoms with Crippen LogP contribution in [0.1, 0.15) is 22.3 Å². The van der Waals surface area contributed by atoms with E-state index in [9.17, 15) is 18.4 Å². The van der Waals surface area contributed by atoms with E-state index in [1.165, 1.54) is 0 Å². The second-order valence-corrected chi connectivity index (χ2v) is 3.47. The van der Waals surface area contributed by atoms with Crippen molar-refractivity contribution in [1.82, 2.24) is 4.98 Å². The first-order valence-electron chi connectivity index (χ1n) is 3.37. The molecule has 14 heavy (non-hydrogen) atoms. The summed E-state index contributed by atoms with van der Waals surface area (Å²) in [6.45, 7) is 0. The molecule has 0 bridgehead atoms. The molecule has 1 rings (SSSR count). The molecular weight excluding hydrogens is 311 g/mol. The van der Waals surface area contributed by atoms with Crippen LogP contribution < -0.4 is 5.56 Å². The number of hydrogen-bond acceptors (Lipinski definition) is 2. The molecule has 0 spiro atoms. The Balaban J connectivity index is 3.42. The minimum Gasteiger partial charge on any atom is -0.478 e. The number of aromatic amines is 1. The number of H-pyrrole nitrogens is 1. The standard InChI is InChI=1S/C7H4F2INO3/c8-4(9)2-1-3(7(13)14)5(10)11-6(2)12/h1,4H,(H,11,12)(H,13,14). The molecule has 0 saturated heterocycles. The molecule has 4 nitrogen and oxygen atoms in total. The van der Waals surface area contributed by atoms with Crippen LogP contribution in [-0.2, 0) is 0 Å². The number of hydrogen-bond donors (Lipinski definition) is 2. The Kier molecular flexibility index (Phi) is 3.19. The highest BCUT2D eigenvalue weighted by Gasteiger charge is 2.18. The number of rotatable bonds is 2. The average molecular weight is 315 g/mol. The zero-order valence-corrected chi connectivity index (χ0v) is 8.71. The van der Waals surface area contributed by atoms with E-state index in [1.54, 1.807) is 22.6 Å². The molecule has 0 saturated carbocycles. The van der Waals surface area contributed by atoms with Gasteiger partial charge in [0.2, 0.25) is 0 Å². The van der Waals surface area contributed by atoms with Gasteiger partial charge in [-0.15, -0.1) is 0 Å². The van der Waals surface area contributed by atoms with Crippen LogP contribution in [0.4, 0.5) is 8.78 Å². The SMILES string of the molecule is O=C(O)c1cc(C(F)F)c(=O)[nH]c1I. The Morgan fingerprint density at radius 3 is 2.57 bits per heavy atom. The molecular formula is C7H4F2INO3.